The molecule has 0 atom stereocenters. The van der Waals surface area contributed by atoms with Crippen LogP contribution in [0.3, 0.4) is 0 Å². The number of hydrogen-bond donors (Lipinski definition) is 0. The summed E-state index contributed by atoms with van der Waals surface area (Å²) >= 11 is 0. The summed E-state index contributed by atoms with van der Waals surface area (Å²) in [6, 6.07) is 34.9. The number of amides is 2. The molecule has 0 aromatic heterocycles. The summed E-state index contributed by atoms with van der Waals surface area (Å²) < 4.78 is 11.9. The van der Waals surface area contributed by atoms with E-state index < -0.39 is 0 Å². The van der Waals surface area contributed by atoms with E-state index in [9.17, 15) is 9.59 Å². The summed E-state index contributed by atoms with van der Waals surface area (Å²) in [7, 11) is 0. The highest BCUT2D eigenvalue weighted by molar-refractivity contribution is 5.95. The van der Waals surface area contributed by atoms with E-state index in [1.54, 1.807) is 0 Å². The fourth-order valence-electron chi connectivity index (χ4n) is 5.90. The molecule has 2 amide bonds. The fraction of sp³-hybridized carbons (Fsp3) is 0.409. The average molecular weight is 677 g/mol. The third-order valence-corrected chi connectivity index (χ3v) is 8.88. The van der Waals surface area contributed by atoms with Crippen molar-refractivity contribution in [2.45, 2.75) is 91.1 Å². The summed E-state index contributed by atoms with van der Waals surface area (Å²) in [5, 5.41) is 0. The third-order valence-electron chi connectivity index (χ3n) is 8.88. The lowest BCUT2D eigenvalue weighted by molar-refractivity contribution is 0.0644. The lowest BCUT2D eigenvalue weighted by Crippen LogP contribution is -2.40. The molecule has 0 unspecified atom stereocenters. The van der Waals surface area contributed by atoms with Crippen molar-refractivity contribution < 1.29 is 19.1 Å². The zero-order chi connectivity index (χ0) is 35.2. The minimum atomic E-state index is -0.0803. The molecule has 0 fully saturated rings. The molecule has 4 rings (SSSR count). The first-order valence-electron chi connectivity index (χ1n) is 18.7. The Morgan fingerprint density at radius 2 is 0.820 bits per heavy atom. The van der Waals surface area contributed by atoms with Crippen LogP contribution in [0.25, 0.3) is 0 Å². The molecule has 4 aromatic rings. The Bertz CT molecular complexity index is 1390. The summed E-state index contributed by atoms with van der Waals surface area (Å²) in [6.07, 6.45) is 11.8. The lowest BCUT2D eigenvalue weighted by Gasteiger charge is -2.29. The van der Waals surface area contributed by atoms with Crippen LogP contribution in [0.15, 0.2) is 109 Å². The van der Waals surface area contributed by atoms with Gasteiger partial charge in [-0.1, -0.05) is 126 Å². The molecule has 6 nitrogen and oxygen atoms in total. The molecule has 0 spiro atoms. The van der Waals surface area contributed by atoms with E-state index in [1.807, 2.05) is 119 Å². The molecule has 0 saturated carbocycles. The Kier molecular flexibility index (Phi) is 17.0. The molecule has 0 aliphatic rings. The molecule has 0 N–H and O–H groups in total. The quantitative estimate of drug-likeness (QED) is 0.0734. The SMILES string of the molecule is CCCCCCCOc1ccc(C(=O)N(CCN(Cc2ccccc2)C(=O)c2ccc(OCCCCCCC)cc2)Cc2ccccc2)cc1. The maximum absolute atomic E-state index is 14.0. The van der Waals surface area contributed by atoms with Crippen LogP contribution in [0, 0.1) is 0 Å². The molecule has 0 aliphatic carbocycles. The van der Waals surface area contributed by atoms with Crippen molar-refractivity contribution in [3.05, 3.63) is 131 Å². The summed E-state index contributed by atoms with van der Waals surface area (Å²) in [5.74, 6) is 1.39. The van der Waals surface area contributed by atoms with Crippen molar-refractivity contribution in [3.8, 4) is 11.5 Å². The highest BCUT2D eigenvalue weighted by atomic mass is 16.5. The molecule has 0 heterocycles. The van der Waals surface area contributed by atoms with E-state index >= 15 is 0 Å². The second-order valence-electron chi connectivity index (χ2n) is 13.0. The van der Waals surface area contributed by atoms with Crippen LogP contribution in [-0.2, 0) is 13.1 Å². The number of nitrogens with zero attached hydrogens (tertiary/aromatic N) is 2. The Morgan fingerprint density at radius 1 is 0.460 bits per heavy atom. The van der Waals surface area contributed by atoms with Crippen molar-refractivity contribution in [2.24, 2.45) is 0 Å². The van der Waals surface area contributed by atoms with Crippen molar-refractivity contribution >= 4 is 11.8 Å². The van der Waals surface area contributed by atoms with Gasteiger partial charge in [0.1, 0.15) is 11.5 Å². The molecule has 0 saturated heterocycles. The van der Waals surface area contributed by atoms with Crippen molar-refractivity contribution in [1.82, 2.24) is 9.80 Å². The second-order valence-corrected chi connectivity index (χ2v) is 13.0. The monoisotopic (exact) mass is 676 g/mol. The van der Waals surface area contributed by atoms with Crippen LogP contribution in [0.2, 0.25) is 0 Å². The van der Waals surface area contributed by atoms with Crippen LogP contribution >= 0.6 is 0 Å². The van der Waals surface area contributed by atoms with Gasteiger partial charge in [0.25, 0.3) is 11.8 Å². The maximum atomic E-state index is 14.0. The lowest BCUT2D eigenvalue weighted by atomic mass is 10.1. The van der Waals surface area contributed by atoms with Gasteiger partial charge in [0.2, 0.25) is 0 Å². The van der Waals surface area contributed by atoms with E-state index in [1.165, 1.54) is 51.4 Å². The molecule has 4 aromatic carbocycles. The number of hydrogen-bond acceptors (Lipinski definition) is 4. The molecule has 0 radical (unpaired) electrons. The topological polar surface area (TPSA) is 59.1 Å². The van der Waals surface area contributed by atoms with Gasteiger partial charge in [0, 0.05) is 37.3 Å². The van der Waals surface area contributed by atoms with E-state index in [4.69, 9.17) is 9.47 Å². The van der Waals surface area contributed by atoms with Gasteiger partial charge in [0.15, 0.2) is 0 Å². The highest BCUT2D eigenvalue weighted by Gasteiger charge is 2.21. The zero-order valence-corrected chi connectivity index (χ0v) is 30.2. The molecular formula is C44H56N2O4. The number of carbonyl (C=O) groups excluding carboxylic acids is 2. The average Bonchev–Trinajstić information content (AvgIpc) is 3.16. The second kappa shape index (κ2) is 22.2. The fourth-order valence-corrected chi connectivity index (χ4v) is 5.90. The first-order valence-corrected chi connectivity index (χ1v) is 18.7. The normalized spacial score (nSPS) is 10.8. The standard InChI is InChI=1S/C44H56N2O4/c1-3-5-7-9-17-33-49-41-27-23-39(24-28-41)43(47)45(35-37-19-13-11-14-20-37)31-32-46(36-38-21-15-12-16-22-38)44(48)40-25-29-42(30-26-40)50-34-18-10-8-6-4-2/h11-16,19-30H,3-10,17-18,31-36H2,1-2H3. The smallest absolute Gasteiger partial charge is 0.254 e. The van der Waals surface area contributed by atoms with Gasteiger partial charge in [-0.05, 0) is 72.5 Å². The Morgan fingerprint density at radius 3 is 1.18 bits per heavy atom. The van der Waals surface area contributed by atoms with Gasteiger partial charge in [-0.2, -0.15) is 0 Å². The molecule has 0 aliphatic heterocycles. The molecule has 6 heteroatoms. The zero-order valence-electron chi connectivity index (χ0n) is 30.2. The minimum absolute atomic E-state index is 0.0803. The van der Waals surface area contributed by atoms with Crippen LogP contribution in [0.1, 0.15) is 110 Å². The third kappa shape index (κ3) is 13.4. The molecule has 266 valence electrons. The summed E-state index contributed by atoms with van der Waals surface area (Å²) in [5.41, 5.74) is 3.26. The summed E-state index contributed by atoms with van der Waals surface area (Å²) in [6.45, 7) is 7.42. The largest absolute Gasteiger partial charge is 0.494 e. The van der Waals surface area contributed by atoms with Crippen LogP contribution in [-0.4, -0.2) is 47.9 Å². The number of unbranched alkanes of at least 4 members (excludes halogenated alkanes) is 8. The molecular weight excluding hydrogens is 620 g/mol. The van der Waals surface area contributed by atoms with Crippen molar-refractivity contribution in [1.29, 1.82) is 0 Å². The van der Waals surface area contributed by atoms with Crippen LogP contribution in [0.5, 0.6) is 11.5 Å². The van der Waals surface area contributed by atoms with Crippen molar-refractivity contribution in [3.63, 3.8) is 0 Å². The van der Waals surface area contributed by atoms with Gasteiger partial charge in [-0.3, -0.25) is 9.59 Å². The van der Waals surface area contributed by atoms with Gasteiger partial charge in [0.05, 0.1) is 13.2 Å². The van der Waals surface area contributed by atoms with Gasteiger partial charge < -0.3 is 19.3 Å². The number of carbonyl (C=O) groups is 2. The molecule has 50 heavy (non-hydrogen) atoms. The van der Waals surface area contributed by atoms with E-state index in [0.717, 1.165) is 35.5 Å². The Hall–Kier alpha value is -4.58. The number of rotatable bonds is 23. The van der Waals surface area contributed by atoms with Crippen LogP contribution in [0.4, 0.5) is 0 Å². The maximum Gasteiger partial charge on any atom is 0.254 e. The van der Waals surface area contributed by atoms with E-state index in [0.29, 0.717) is 50.5 Å². The predicted octanol–water partition coefficient (Wildman–Crippen LogP) is 10.4. The van der Waals surface area contributed by atoms with E-state index in [-0.39, 0.29) is 11.8 Å². The highest BCUT2D eigenvalue weighted by Crippen LogP contribution is 2.19. The Labute approximate surface area is 300 Å². The predicted molar refractivity (Wildman–Crippen MR) is 204 cm³/mol. The van der Waals surface area contributed by atoms with Gasteiger partial charge in [-0.25, -0.2) is 0 Å². The van der Waals surface area contributed by atoms with E-state index in [2.05, 4.69) is 13.8 Å². The first-order chi connectivity index (χ1) is 24.6. The first kappa shape index (κ1) is 38.2. The number of ether oxygens (including phenoxy) is 2. The summed E-state index contributed by atoms with van der Waals surface area (Å²) in [4.78, 5) is 31.7. The minimum Gasteiger partial charge on any atom is -0.494 e. The number of benzene rings is 4. The van der Waals surface area contributed by atoms with Crippen molar-refractivity contribution in [2.75, 3.05) is 26.3 Å². The van der Waals surface area contributed by atoms with Gasteiger partial charge in [-0.15, -0.1) is 0 Å². The Balaban J connectivity index is 1.44. The van der Waals surface area contributed by atoms with Gasteiger partial charge >= 0.3 is 0 Å². The molecule has 0 bridgehead atoms. The van der Waals surface area contributed by atoms with Crippen LogP contribution < -0.4 is 9.47 Å².